The zero-order valence-electron chi connectivity index (χ0n) is 18.4. The van der Waals surface area contributed by atoms with E-state index in [1.165, 1.54) is 36.4 Å². The van der Waals surface area contributed by atoms with Crippen LogP contribution >= 0.6 is 0 Å². The first-order valence-corrected chi connectivity index (χ1v) is 10.3. The summed E-state index contributed by atoms with van der Waals surface area (Å²) in [7, 11) is 0. The maximum absolute atomic E-state index is 14.8. The summed E-state index contributed by atoms with van der Waals surface area (Å²) in [5, 5.41) is 0. The molecule has 4 aromatic rings. The monoisotopic (exact) mass is 538 g/mol. The van der Waals surface area contributed by atoms with Crippen LogP contribution in [-0.4, -0.2) is 11.9 Å². The van der Waals surface area contributed by atoms with E-state index < -0.39 is 80.7 Å². The molecular weight excluding hydrogens is 528 g/mol. The maximum Gasteiger partial charge on any atom is 0.349 e. The summed E-state index contributed by atoms with van der Waals surface area (Å²) in [4.78, 5) is 24.3. The molecule has 0 aliphatic heterocycles. The van der Waals surface area contributed by atoms with Gasteiger partial charge in [-0.15, -0.1) is 0 Å². The Morgan fingerprint density at radius 1 is 0.421 bits per heavy atom. The highest BCUT2D eigenvalue weighted by Crippen LogP contribution is 2.38. The van der Waals surface area contributed by atoms with Crippen molar-refractivity contribution >= 4 is 11.9 Å². The van der Waals surface area contributed by atoms with E-state index in [9.17, 15) is 44.7 Å². The van der Waals surface area contributed by atoms with E-state index in [2.05, 4.69) is 9.47 Å². The fourth-order valence-electron chi connectivity index (χ4n) is 3.35. The molecular formula is C26H10F8O4. The summed E-state index contributed by atoms with van der Waals surface area (Å²) in [5.74, 6) is -24.5. The molecule has 38 heavy (non-hydrogen) atoms. The Balaban J connectivity index is 1.83. The predicted molar refractivity (Wildman–Crippen MR) is 114 cm³/mol. The maximum atomic E-state index is 14.8. The number of halogens is 8. The van der Waals surface area contributed by atoms with Crippen LogP contribution in [0.2, 0.25) is 0 Å². The van der Waals surface area contributed by atoms with Crippen molar-refractivity contribution in [2.24, 2.45) is 0 Å². The minimum absolute atomic E-state index is 0.277. The minimum Gasteiger partial charge on any atom is -0.423 e. The van der Waals surface area contributed by atoms with Crippen LogP contribution in [0.1, 0.15) is 20.7 Å². The topological polar surface area (TPSA) is 52.6 Å². The number of carbonyl (C=O) groups is 2. The van der Waals surface area contributed by atoms with Gasteiger partial charge in [-0.05, 0) is 24.3 Å². The minimum atomic E-state index is -2.57. The number of esters is 2. The predicted octanol–water partition coefficient (Wildman–Crippen LogP) is 6.90. The van der Waals surface area contributed by atoms with E-state index in [-0.39, 0.29) is 11.5 Å². The quantitative estimate of drug-likeness (QED) is 0.120. The molecule has 0 N–H and O–H groups in total. The van der Waals surface area contributed by atoms with Gasteiger partial charge in [-0.2, -0.15) is 0 Å². The van der Waals surface area contributed by atoms with E-state index in [1.54, 1.807) is 0 Å². The molecule has 0 aliphatic carbocycles. The van der Waals surface area contributed by atoms with Crippen molar-refractivity contribution < 1.29 is 54.2 Å². The van der Waals surface area contributed by atoms with Gasteiger partial charge >= 0.3 is 11.9 Å². The van der Waals surface area contributed by atoms with E-state index in [4.69, 9.17) is 0 Å². The second-order valence-corrected chi connectivity index (χ2v) is 7.42. The normalized spacial score (nSPS) is 10.8. The number of ether oxygens (including phenoxy) is 2. The Morgan fingerprint density at radius 3 is 0.947 bits per heavy atom. The molecule has 0 atom stereocenters. The van der Waals surface area contributed by atoms with Gasteiger partial charge < -0.3 is 9.47 Å². The Kier molecular flexibility index (Phi) is 7.15. The molecule has 4 nitrogen and oxygen atoms in total. The molecule has 0 saturated heterocycles. The third-order valence-electron chi connectivity index (χ3n) is 5.09. The van der Waals surface area contributed by atoms with Crippen molar-refractivity contribution in [3.05, 3.63) is 118 Å². The summed E-state index contributed by atoms with van der Waals surface area (Å²) >= 11 is 0. The summed E-state index contributed by atoms with van der Waals surface area (Å²) in [6.07, 6.45) is 0. The van der Waals surface area contributed by atoms with Gasteiger partial charge in [0.15, 0.2) is 46.5 Å². The summed E-state index contributed by atoms with van der Waals surface area (Å²) < 4.78 is 127. The molecule has 194 valence electrons. The van der Waals surface area contributed by atoms with Crippen LogP contribution in [0, 0.1) is 46.5 Å². The van der Waals surface area contributed by atoms with Crippen molar-refractivity contribution in [1.29, 1.82) is 0 Å². The SMILES string of the molecule is O=C(Oc1ccccc1)c1c(F)c(F)c(-c2c(F)c(F)c(C(=O)Oc3ccccc3)c(F)c2F)c(F)c1F. The van der Waals surface area contributed by atoms with Crippen molar-refractivity contribution in [2.75, 3.05) is 0 Å². The number of hydrogen-bond donors (Lipinski definition) is 0. The van der Waals surface area contributed by atoms with Crippen molar-refractivity contribution in [2.45, 2.75) is 0 Å². The standard InChI is InChI=1S/C26H10F8O4/c27-17-13(18(28)22(32)15(21(17)31)25(35)37-11-7-3-1-4-8-11)14-19(29)23(33)16(24(34)20(14)30)26(36)38-12-9-5-2-6-10-12/h1-10H. The zero-order chi connectivity index (χ0) is 27.7. The van der Waals surface area contributed by atoms with E-state index in [0.717, 1.165) is 24.3 Å². The van der Waals surface area contributed by atoms with Crippen LogP contribution in [-0.2, 0) is 0 Å². The molecule has 0 saturated carbocycles. The molecule has 0 fully saturated rings. The van der Waals surface area contributed by atoms with E-state index in [1.807, 2.05) is 0 Å². The van der Waals surface area contributed by atoms with Crippen molar-refractivity contribution in [1.82, 2.24) is 0 Å². The highest BCUT2D eigenvalue weighted by molar-refractivity contribution is 5.94. The Morgan fingerprint density at radius 2 is 0.684 bits per heavy atom. The molecule has 0 amide bonds. The first kappa shape index (κ1) is 26.3. The zero-order valence-corrected chi connectivity index (χ0v) is 18.4. The number of para-hydroxylation sites is 2. The third kappa shape index (κ3) is 4.56. The lowest BCUT2D eigenvalue weighted by Crippen LogP contribution is -2.19. The average Bonchev–Trinajstić information content (AvgIpc) is 2.89. The number of rotatable bonds is 5. The second-order valence-electron chi connectivity index (χ2n) is 7.42. The van der Waals surface area contributed by atoms with Crippen LogP contribution in [0.15, 0.2) is 60.7 Å². The molecule has 4 rings (SSSR count). The number of benzene rings is 4. The van der Waals surface area contributed by atoms with Crippen molar-refractivity contribution in [3.8, 4) is 22.6 Å². The lowest BCUT2D eigenvalue weighted by Gasteiger charge is -2.15. The molecule has 0 bridgehead atoms. The van der Waals surface area contributed by atoms with Crippen LogP contribution in [0.25, 0.3) is 11.1 Å². The van der Waals surface area contributed by atoms with Gasteiger partial charge in [0.1, 0.15) is 22.6 Å². The fourth-order valence-corrected chi connectivity index (χ4v) is 3.35. The fraction of sp³-hybridized carbons (Fsp3) is 0. The van der Waals surface area contributed by atoms with Crippen LogP contribution in [0.3, 0.4) is 0 Å². The lowest BCUT2D eigenvalue weighted by atomic mass is 9.97. The third-order valence-corrected chi connectivity index (χ3v) is 5.09. The van der Waals surface area contributed by atoms with Gasteiger partial charge in [-0.1, -0.05) is 36.4 Å². The molecule has 0 heterocycles. The lowest BCUT2D eigenvalue weighted by molar-refractivity contribution is 0.0711. The Bertz CT molecular complexity index is 1400. The van der Waals surface area contributed by atoms with Gasteiger partial charge in [-0.3, -0.25) is 0 Å². The summed E-state index contributed by atoms with van der Waals surface area (Å²) in [6, 6.07) is 13.0. The van der Waals surface area contributed by atoms with E-state index in [0.29, 0.717) is 0 Å². The van der Waals surface area contributed by atoms with Gasteiger partial charge in [-0.25, -0.2) is 44.7 Å². The van der Waals surface area contributed by atoms with Crippen LogP contribution in [0.5, 0.6) is 11.5 Å². The highest BCUT2D eigenvalue weighted by atomic mass is 19.2. The van der Waals surface area contributed by atoms with E-state index >= 15 is 0 Å². The number of carbonyl (C=O) groups excluding carboxylic acids is 2. The molecule has 0 aliphatic rings. The highest BCUT2D eigenvalue weighted by Gasteiger charge is 2.37. The molecule has 4 aromatic carbocycles. The van der Waals surface area contributed by atoms with Crippen LogP contribution in [0.4, 0.5) is 35.1 Å². The molecule has 0 aromatic heterocycles. The molecule has 0 radical (unpaired) electrons. The summed E-state index contributed by atoms with van der Waals surface area (Å²) in [6.45, 7) is 0. The average molecular weight is 538 g/mol. The largest absolute Gasteiger partial charge is 0.423 e. The summed E-state index contributed by atoms with van der Waals surface area (Å²) in [5.41, 5.74) is -8.27. The molecule has 0 unspecified atom stereocenters. The second kappa shape index (κ2) is 10.3. The smallest absolute Gasteiger partial charge is 0.349 e. The van der Waals surface area contributed by atoms with Crippen molar-refractivity contribution in [3.63, 3.8) is 0 Å². The van der Waals surface area contributed by atoms with Gasteiger partial charge in [0.05, 0.1) is 11.1 Å². The first-order chi connectivity index (χ1) is 18.0. The molecule has 12 heteroatoms. The Hall–Kier alpha value is -4.74. The van der Waals surface area contributed by atoms with Gasteiger partial charge in [0.2, 0.25) is 0 Å². The van der Waals surface area contributed by atoms with Crippen LogP contribution < -0.4 is 9.47 Å². The Labute approximate surface area is 207 Å². The van der Waals surface area contributed by atoms with Gasteiger partial charge in [0, 0.05) is 0 Å². The number of hydrogen-bond acceptors (Lipinski definition) is 4. The molecule has 0 spiro atoms. The first-order valence-electron chi connectivity index (χ1n) is 10.3. The van der Waals surface area contributed by atoms with Gasteiger partial charge in [0.25, 0.3) is 0 Å².